The molecule has 9 heteroatoms. The van der Waals surface area contributed by atoms with Gasteiger partial charge < -0.3 is 19.5 Å². The molecule has 0 bridgehead atoms. The number of carbonyl (C=O) groups excluding carboxylic acids is 2. The Balaban J connectivity index is 1.51. The third-order valence-electron chi connectivity index (χ3n) is 4.18. The molecule has 0 saturated heterocycles. The first kappa shape index (κ1) is 20.7. The van der Waals surface area contributed by atoms with Crippen molar-refractivity contribution in [2.75, 3.05) is 13.0 Å². The molecule has 1 N–H and O–H groups in total. The molecule has 1 aliphatic rings. The molecule has 1 amide bonds. The van der Waals surface area contributed by atoms with Crippen LogP contribution < -0.4 is 14.8 Å². The van der Waals surface area contributed by atoms with Gasteiger partial charge in [-0.05, 0) is 42.3 Å². The highest BCUT2D eigenvalue weighted by Gasteiger charge is 2.19. The van der Waals surface area contributed by atoms with Crippen LogP contribution in [0.3, 0.4) is 0 Å². The number of hydrogen-bond donors (Lipinski definition) is 1. The van der Waals surface area contributed by atoms with Crippen LogP contribution in [0.1, 0.15) is 28.4 Å². The number of amides is 1. The van der Waals surface area contributed by atoms with Crippen molar-refractivity contribution >= 4 is 21.7 Å². The summed E-state index contributed by atoms with van der Waals surface area (Å²) in [5.41, 5.74) is 1.62. The number of esters is 1. The van der Waals surface area contributed by atoms with Gasteiger partial charge in [-0.2, -0.15) is 0 Å². The fourth-order valence-electron chi connectivity index (χ4n) is 2.71. The second-order valence-corrected chi connectivity index (χ2v) is 8.86. The molecule has 1 aliphatic heterocycles. The SMILES string of the molecule is C[C@@H](OC(=O)c1ccc(CS(C)(=O)=O)cc1)C(=O)NCc1ccc2c(c1)OCO2. The number of hydrogen-bond acceptors (Lipinski definition) is 7. The lowest BCUT2D eigenvalue weighted by Crippen LogP contribution is -2.35. The van der Waals surface area contributed by atoms with Crippen molar-refractivity contribution in [3.63, 3.8) is 0 Å². The Morgan fingerprint density at radius 3 is 2.41 bits per heavy atom. The predicted octanol–water partition coefficient (Wildman–Crippen LogP) is 1.82. The monoisotopic (exact) mass is 419 g/mol. The van der Waals surface area contributed by atoms with E-state index in [1.54, 1.807) is 24.3 Å². The molecule has 0 spiro atoms. The lowest BCUT2D eigenvalue weighted by molar-refractivity contribution is -0.129. The fourth-order valence-corrected chi connectivity index (χ4v) is 3.50. The lowest BCUT2D eigenvalue weighted by Gasteiger charge is -2.14. The quantitative estimate of drug-likeness (QED) is 0.682. The molecule has 0 unspecified atom stereocenters. The number of ether oxygens (including phenoxy) is 3. The zero-order valence-electron chi connectivity index (χ0n) is 16.0. The van der Waals surface area contributed by atoms with E-state index in [0.29, 0.717) is 17.1 Å². The molecular formula is C20H21NO7S. The zero-order chi connectivity index (χ0) is 21.0. The zero-order valence-corrected chi connectivity index (χ0v) is 16.8. The molecule has 0 fully saturated rings. The normalized spacial score (nSPS) is 13.6. The van der Waals surface area contributed by atoms with Crippen LogP contribution in [-0.2, 0) is 31.7 Å². The van der Waals surface area contributed by atoms with E-state index in [1.807, 2.05) is 6.07 Å². The molecular weight excluding hydrogens is 398 g/mol. The Morgan fingerprint density at radius 1 is 1.07 bits per heavy atom. The van der Waals surface area contributed by atoms with Gasteiger partial charge in [0, 0.05) is 12.8 Å². The predicted molar refractivity (Wildman–Crippen MR) is 104 cm³/mol. The van der Waals surface area contributed by atoms with Crippen molar-refractivity contribution in [3.8, 4) is 11.5 Å². The number of carbonyl (C=O) groups is 2. The van der Waals surface area contributed by atoms with E-state index in [1.165, 1.54) is 19.1 Å². The summed E-state index contributed by atoms with van der Waals surface area (Å²) in [6.45, 7) is 1.90. The molecule has 154 valence electrons. The van der Waals surface area contributed by atoms with E-state index >= 15 is 0 Å². The summed E-state index contributed by atoms with van der Waals surface area (Å²) in [7, 11) is -3.16. The standard InChI is InChI=1S/C20H21NO7S/c1-13(19(22)21-10-15-5-8-17-18(9-15)27-12-26-17)28-20(23)16-6-3-14(4-7-16)11-29(2,24)25/h3-9,13H,10-12H2,1-2H3,(H,21,22)/t13-/m1/s1. The average Bonchev–Trinajstić information content (AvgIpc) is 3.13. The van der Waals surface area contributed by atoms with Crippen LogP contribution in [0.2, 0.25) is 0 Å². The molecule has 0 aliphatic carbocycles. The smallest absolute Gasteiger partial charge is 0.338 e. The van der Waals surface area contributed by atoms with Gasteiger partial charge in [-0.25, -0.2) is 13.2 Å². The minimum Gasteiger partial charge on any atom is -0.454 e. The summed E-state index contributed by atoms with van der Waals surface area (Å²) < 4.78 is 38.3. The van der Waals surface area contributed by atoms with E-state index in [9.17, 15) is 18.0 Å². The van der Waals surface area contributed by atoms with Gasteiger partial charge in [-0.15, -0.1) is 0 Å². The first-order chi connectivity index (χ1) is 13.7. The third kappa shape index (κ3) is 5.71. The second kappa shape index (κ2) is 8.52. The molecule has 1 atom stereocenters. The van der Waals surface area contributed by atoms with Crippen molar-refractivity contribution < 1.29 is 32.2 Å². The molecule has 0 aromatic heterocycles. The summed E-state index contributed by atoms with van der Waals surface area (Å²) in [6.07, 6.45) is 0.145. The first-order valence-corrected chi connectivity index (χ1v) is 10.9. The minimum atomic E-state index is -3.16. The van der Waals surface area contributed by atoms with E-state index in [2.05, 4.69) is 5.32 Å². The number of fused-ring (bicyclic) bond motifs is 1. The van der Waals surface area contributed by atoms with Gasteiger partial charge in [-0.1, -0.05) is 18.2 Å². The number of rotatable bonds is 7. The van der Waals surface area contributed by atoms with Crippen molar-refractivity contribution in [2.24, 2.45) is 0 Å². The topological polar surface area (TPSA) is 108 Å². The highest BCUT2D eigenvalue weighted by Crippen LogP contribution is 2.32. The largest absolute Gasteiger partial charge is 0.454 e. The molecule has 0 radical (unpaired) electrons. The summed E-state index contributed by atoms with van der Waals surface area (Å²) in [5, 5.41) is 2.70. The number of nitrogens with one attached hydrogen (secondary N) is 1. The van der Waals surface area contributed by atoms with Gasteiger partial charge in [0.25, 0.3) is 5.91 Å². The lowest BCUT2D eigenvalue weighted by atomic mass is 10.1. The van der Waals surface area contributed by atoms with Crippen LogP contribution in [0.25, 0.3) is 0 Å². The maximum absolute atomic E-state index is 12.2. The van der Waals surface area contributed by atoms with Crippen LogP contribution in [0.15, 0.2) is 42.5 Å². The molecule has 3 rings (SSSR count). The van der Waals surface area contributed by atoms with Crippen molar-refractivity contribution in [1.82, 2.24) is 5.32 Å². The van der Waals surface area contributed by atoms with Crippen LogP contribution in [0.4, 0.5) is 0 Å². The van der Waals surface area contributed by atoms with Gasteiger partial charge in [0.15, 0.2) is 27.4 Å². The van der Waals surface area contributed by atoms with Crippen LogP contribution in [-0.4, -0.2) is 39.4 Å². The van der Waals surface area contributed by atoms with Crippen molar-refractivity contribution in [3.05, 3.63) is 59.2 Å². The van der Waals surface area contributed by atoms with E-state index in [-0.39, 0.29) is 24.7 Å². The van der Waals surface area contributed by atoms with Gasteiger partial charge in [0.1, 0.15) is 0 Å². The average molecular weight is 419 g/mol. The summed E-state index contributed by atoms with van der Waals surface area (Å²) in [5.74, 6) is 0.0629. The summed E-state index contributed by atoms with van der Waals surface area (Å²) in [6, 6.07) is 11.4. The molecule has 8 nitrogen and oxygen atoms in total. The Bertz CT molecular complexity index is 1020. The van der Waals surface area contributed by atoms with Gasteiger partial charge >= 0.3 is 5.97 Å². The maximum Gasteiger partial charge on any atom is 0.338 e. The van der Waals surface area contributed by atoms with Crippen LogP contribution in [0, 0.1) is 0 Å². The molecule has 0 saturated carbocycles. The van der Waals surface area contributed by atoms with E-state index in [0.717, 1.165) is 11.8 Å². The van der Waals surface area contributed by atoms with Crippen LogP contribution >= 0.6 is 0 Å². The van der Waals surface area contributed by atoms with Crippen molar-refractivity contribution in [2.45, 2.75) is 25.3 Å². The Kier molecular flexibility index (Phi) is 6.07. The maximum atomic E-state index is 12.2. The molecule has 2 aromatic rings. The second-order valence-electron chi connectivity index (χ2n) is 6.72. The third-order valence-corrected chi connectivity index (χ3v) is 5.03. The van der Waals surface area contributed by atoms with Gasteiger partial charge in [0.2, 0.25) is 6.79 Å². The Morgan fingerprint density at radius 2 is 1.72 bits per heavy atom. The number of sulfone groups is 1. The Hall–Kier alpha value is -3.07. The van der Waals surface area contributed by atoms with Gasteiger partial charge in [-0.3, -0.25) is 4.79 Å². The van der Waals surface area contributed by atoms with Crippen LogP contribution in [0.5, 0.6) is 11.5 Å². The highest BCUT2D eigenvalue weighted by molar-refractivity contribution is 7.89. The van der Waals surface area contributed by atoms with E-state index in [4.69, 9.17) is 14.2 Å². The fraction of sp³-hybridized carbons (Fsp3) is 0.300. The molecule has 1 heterocycles. The summed E-state index contributed by atoms with van der Waals surface area (Å²) in [4.78, 5) is 24.4. The minimum absolute atomic E-state index is 0.110. The first-order valence-electron chi connectivity index (χ1n) is 8.85. The molecule has 29 heavy (non-hydrogen) atoms. The Labute approximate surface area is 168 Å². The number of benzene rings is 2. The van der Waals surface area contributed by atoms with Crippen molar-refractivity contribution in [1.29, 1.82) is 0 Å². The molecule has 2 aromatic carbocycles. The van der Waals surface area contributed by atoms with E-state index < -0.39 is 27.8 Å². The summed E-state index contributed by atoms with van der Waals surface area (Å²) >= 11 is 0. The van der Waals surface area contributed by atoms with Gasteiger partial charge in [0.05, 0.1) is 11.3 Å². The highest BCUT2D eigenvalue weighted by atomic mass is 32.2.